The molecule has 118 valence electrons. The van der Waals surface area contributed by atoms with Crippen LogP contribution in [0.5, 0.6) is 0 Å². The highest BCUT2D eigenvalue weighted by atomic mass is 16.6. The van der Waals surface area contributed by atoms with E-state index in [1.807, 2.05) is 25.7 Å². The predicted molar refractivity (Wildman–Crippen MR) is 80.8 cm³/mol. The molecule has 2 aliphatic heterocycles. The number of likely N-dealkylation sites (tertiary alicyclic amines) is 2. The number of hydrogen-bond donors (Lipinski definition) is 0. The van der Waals surface area contributed by atoms with Crippen LogP contribution < -0.4 is 0 Å². The lowest BCUT2D eigenvalue weighted by molar-refractivity contribution is -0.153. The number of piperidine rings is 1. The third-order valence-corrected chi connectivity index (χ3v) is 4.71. The molecule has 0 bridgehead atoms. The van der Waals surface area contributed by atoms with Crippen molar-refractivity contribution in [1.29, 1.82) is 0 Å². The fourth-order valence-corrected chi connectivity index (χ4v) is 3.25. The normalized spacial score (nSPS) is 24.5. The fourth-order valence-electron chi connectivity index (χ4n) is 3.25. The average molecular weight is 294 g/mol. The van der Waals surface area contributed by atoms with E-state index in [-0.39, 0.29) is 23.5 Å². The second kappa shape index (κ2) is 5.35. The van der Waals surface area contributed by atoms with Crippen molar-refractivity contribution >= 4 is 12.0 Å². The van der Waals surface area contributed by atoms with Crippen LogP contribution in [-0.4, -0.2) is 53.1 Å². The highest BCUT2D eigenvalue weighted by Gasteiger charge is 2.52. The number of rotatable bonds is 1. The molecule has 0 aromatic rings. The van der Waals surface area contributed by atoms with Gasteiger partial charge in [-0.2, -0.15) is 0 Å². The average Bonchev–Trinajstić information content (AvgIpc) is 2.42. The maximum Gasteiger partial charge on any atom is 0.410 e. The van der Waals surface area contributed by atoms with Crippen molar-refractivity contribution in [3.63, 3.8) is 0 Å². The number of carbonyl (C=O) groups is 2. The van der Waals surface area contributed by atoms with Gasteiger partial charge < -0.3 is 14.5 Å². The molecule has 0 unspecified atom stereocenters. The van der Waals surface area contributed by atoms with Crippen LogP contribution in [0.2, 0.25) is 0 Å². The fraction of sp³-hybridized carbons (Fsp3) is 0.750. The molecule has 0 aromatic heterocycles. The zero-order valence-corrected chi connectivity index (χ0v) is 13.5. The van der Waals surface area contributed by atoms with Crippen molar-refractivity contribution < 1.29 is 14.3 Å². The van der Waals surface area contributed by atoms with E-state index in [9.17, 15) is 9.59 Å². The summed E-state index contributed by atoms with van der Waals surface area (Å²) in [6.45, 7) is 13.5. The topological polar surface area (TPSA) is 49.9 Å². The molecule has 2 saturated heterocycles. The van der Waals surface area contributed by atoms with Gasteiger partial charge in [-0.05, 0) is 46.6 Å². The molecule has 2 fully saturated rings. The van der Waals surface area contributed by atoms with Crippen LogP contribution in [0.1, 0.15) is 40.5 Å². The molecule has 1 atom stereocenters. The van der Waals surface area contributed by atoms with Crippen molar-refractivity contribution in [2.75, 3.05) is 19.6 Å². The summed E-state index contributed by atoms with van der Waals surface area (Å²) in [6, 6.07) is 0.226. The Morgan fingerprint density at radius 1 is 1.29 bits per heavy atom. The minimum atomic E-state index is -0.455. The van der Waals surface area contributed by atoms with E-state index >= 15 is 0 Å². The Morgan fingerprint density at radius 3 is 2.29 bits per heavy atom. The Balaban J connectivity index is 1.88. The number of carbonyl (C=O) groups excluding carboxylic acids is 2. The van der Waals surface area contributed by atoms with Crippen molar-refractivity contribution in [1.82, 2.24) is 9.80 Å². The first-order valence-electron chi connectivity index (χ1n) is 7.59. The molecule has 2 rings (SSSR count). The van der Waals surface area contributed by atoms with Crippen LogP contribution in [0.3, 0.4) is 0 Å². The molecule has 2 heterocycles. The minimum absolute atomic E-state index is 0.00250. The Morgan fingerprint density at radius 2 is 1.86 bits per heavy atom. The van der Waals surface area contributed by atoms with Crippen LogP contribution in [0.25, 0.3) is 0 Å². The molecule has 0 N–H and O–H groups in total. The molecule has 0 saturated carbocycles. The minimum Gasteiger partial charge on any atom is -0.444 e. The summed E-state index contributed by atoms with van der Waals surface area (Å²) in [7, 11) is 0. The predicted octanol–water partition coefficient (Wildman–Crippen LogP) is 2.42. The Labute approximate surface area is 126 Å². The lowest BCUT2D eigenvalue weighted by Gasteiger charge is -2.59. The molecule has 0 aromatic carbocycles. The lowest BCUT2D eigenvalue weighted by atomic mass is 9.66. The first-order chi connectivity index (χ1) is 9.68. The first-order valence-corrected chi connectivity index (χ1v) is 7.59. The summed E-state index contributed by atoms with van der Waals surface area (Å²) in [6.07, 6.45) is 2.99. The highest BCUT2D eigenvalue weighted by molar-refractivity contribution is 5.88. The van der Waals surface area contributed by atoms with Gasteiger partial charge in [0.25, 0.3) is 0 Å². The van der Waals surface area contributed by atoms with Gasteiger partial charge in [0.2, 0.25) is 5.91 Å². The maximum atomic E-state index is 12.1. The third-order valence-electron chi connectivity index (χ3n) is 4.71. The lowest BCUT2D eigenvalue weighted by Crippen LogP contribution is -2.67. The smallest absolute Gasteiger partial charge is 0.410 e. The molecule has 1 spiro atoms. The molecule has 5 heteroatoms. The van der Waals surface area contributed by atoms with Gasteiger partial charge in [0.1, 0.15) is 5.60 Å². The zero-order valence-electron chi connectivity index (χ0n) is 13.5. The molecular weight excluding hydrogens is 268 g/mol. The van der Waals surface area contributed by atoms with Crippen LogP contribution in [0, 0.1) is 5.41 Å². The quantitative estimate of drug-likeness (QED) is 0.698. The number of hydrogen-bond acceptors (Lipinski definition) is 3. The van der Waals surface area contributed by atoms with Crippen molar-refractivity contribution in [3.8, 4) is 0 Å². The van der Waals surface area contributed by atoms with E-state index in [1.165, 1.54) is 6.08 Å². The molecule has 5 nitrogen and oxygen atoms in total. The monoisotopic (exact) mass is 294 g/mol. The van der Waals surface area contributed by atoms with Gasteiger partial charge in [0.05, 0.1) is 0 Å². The van der Waals surface area contributed by atoms with Gasteiger partial charge in [-0.3, -0.25) is 4.79 Å². The van der Waals surface area contributed by atoms with E-state index in [2.05, 4.69) is 13.5 Å². The van der Waals surface area contributed by atoms with Crippen molar-refractivity contribution in [2.24, 2.45) is 5.41 Å². The zero-order chi connectivity index (χ0) is 15.8. The van der Waals surface area contributed by atoms with Gasteiger partial charge in [-0.25, -0.2) is 4.79 Å². The van der Waals surface area contributed by atoms with Gasteiger partial charge in [0.15, 0.2) is 0 Å². The largest absolute Gasteiger partial charge is 0.444 e. The summed E-state index contributed by atoms with van der Waals surface area (Å²) < 4.78 is 5.41. The van der Waals surface area contributed by atoms with Crippen molar-refractivity contribution in [2.45, 2.75) is 52.2 Å². The van der Waals surface area contributed by atoms with Gasteiger partial charge in [0, 0.05) is 31.1 Å². The van der Waals surface area contributed by atoms with Crippen LogP contribution in [0.4, 0.5) is 4.79 Å². The van der Waals surface area contributed by atoms with Crippen molar-refractivity contribution in [3.05, 3.63) is 12.7 Å². The Bertz CT molecular complexity index is 445. The Kier molecular flexibility index (Phi) is 4.04. The van der Waals surface area contributed by atoms with Crippen LogP contribution >= 0.6 is 0 Å². The van der Waals surface area contributed by atoms with Crippen LogP contribution in [-0.2, 0) is 9.53 Å². The number of ether oxygens (including phenoxy) is 1. The molecule has 0 radical (unpaired) electrons. The van der Waals surface area contributed by atoms with E-state index in [4.69, 9.17) is 4.74 Å². The SMILES string of the molecule is C=CC(=O)N1CC2(CCN(C(=O)OC(C)(C)C)CC2)[C@H]1C. The second-order valence-corrected chi connectivity index (χ2v) is 7.18. The maximum absolute atomic E-state index is 12.1. The van der Waals surface area contributed by atoms with E-state index in [0.717, 1.165) is 19.4 Å². The van der Waals surface area contributed by atoms with Crippen LogP contribution in [0.15, 0.2) is 12.7 Å². The number of amides is 2. The third kappa shape index (κ3) is 3.06. The molecule has 2 amide bonds. The summed E-state index contributed by atoms with van der Waals surface area (Å²) in [5.74, 6) is 0.00250. The second-order valence-electron chi connectivity index (χ2n) is 7.18. The van der Waals surface area contributed by atoms with Gasteiger partial charge in [-0.15, -0.1) is 0 Å². The molecule has 21 heavy (non-hydrogen) atoms. The molecular formula is C16H26N2O3. The van der Waals surface area contributed by atoms with Gasteiger partial charge in [-0.1, -0.05) is 6.58 Å². The molecule has 0 aliphatic carbocycles. The van der Waals surface area contributed by atoms with E-state index in [1.54, 1.807) is 4.90 Å². The summed E-state index contributed by atoms with van der Waals surface area (Å²) in [5, 5.41) is 0. The standard InChI is InChI=1S/C16H26N2O3/c1-6-13(19)18-11-16(12(18)2)7-9-17(10-8-16)14(20)21-15(3,4)5/h6,12H,1,7-11H2,2-5H3/t12-/m1/s1. The van der Waals surface area contributed by atoms with Gasteiger partial charge >= 0.3 is 6.09 Å². The highest BCUT2D eigenvalue weighted by Crippen LogP contribution is 2.46. The summed E-state index contributed by atoms with van der Waals surface area (Å²) in [5.41, 5.74) is -0.291. The first kappa shape index (κ1) is 15.9. The molecule has 2 aliphatic rings. The Hall–Kier alpha value is -1.52. The summed E-state index contributed by atoms with van der Waals surface area (Å²) >= 11 is 0. The summed E-state index contributed by atoms with van der Waals surface area (Å²) in [4.78, 5) is 27.4. The van der Waals surface area contributed by atoms with E-state index in [0.29, 0.717) is 13.1 Å². The van der Waals surface area contributed by atoms with E-state index < -0.39 is 5.60 Å². The number of nitrogens with zero attached hydrogens (tertiary/aromatic N) is 2.